The van der Waals surface area contributed by atoms with Crippen LogP contribution in [0.3, 0.4) is 0 Å². The molecule has 1 N–H and O–H groups in total. The van der Waals surface area contributed by atoms with Crippen molar-refractivity contribution in [2.24, 2.45) is 0 Å². The Balaban J connectivity index is 2.31. The number of aliphatic hydroxyl groups excluding tert-OH is 1. The molecule has 0 aliphatic carbocycles. The fourth-order valence-electron chi connectivity index (χ4n) is 2.41. The van der Waals surface area contributed by atoms with Gasteiger partial charge in [0.1, 0.15) is 6.10 Å². The molecular weight excluding hydrogens is 226 g/mol. The van der Waals surface area contributed by atoms with Gasteiger partial charge < -0.3 is 10.0 Å². The SMILES string of the molecule is CN1C(=O)c2ccccc2[C@H](O)c2ccccc21. The molecule has 3 nitrogen and oxygen atoms in total. The van der Waals surface area contributed by atoms with Gasteiger partial charge in [-0.1, -0.05) is 36.4 Å². The van der Waals surface area contributed by atoms with Crippen molar-refractivity contribution in [2.45, 2.75) is 6.10 Å². The Bertz CT molecular complexity index is 621. The number of hydrogen-bond acceptors (Lipinski definition) is 2. The Hall–Kier alpha value is -2.13. The summed E-state index contributed by atoms with van der Waals surface area (Å²) in [7, 11) is 1.73. The monoisotopic (exact) mass is 239 g/mol. The first-order valence-electron chi connectivity index (χ1n) is 5.84. The molecule has 1 heterocycles. The average molecular weight is 239 g/mol. The molecule has 0 bridgehead atoms. The van der Waals surface area contributed by atoms with E-state index >= 15 is 0 Å². The maximum absolute atomic E-state index is 12.4. The summed E-state index contributed by atoms with van der Waals surface area (Å²) in [4.78, 5) is 13.9. The van der Waals surface area contributed by atoms with Crippen molar-refractivity contribution in [1.29, 1.82) is 0 Å². The minimum atomic E-state index is -0.758. The smallest absolute Gasteiger partial charge is 0.258 e. The van der Waals surface area contributed by atoms with Crippen LogP contribution in [0, 0.1) is 0 Å². The van der Waals surface area contributed by atoms with Gasteiger partial charge in [-0.3, -0.25) is 4.79 Å². The highest BCUT2D eigenvalue weighted by molar-refractivity contribution is 6.08. The Labute approximate surface area is 105 Å². The number of carbonyl (C=O) groups is 1. The molecule has 2 aromatic carbocycles. The molecule has 0 saturated carbocycles. The number of nitrogens with zero attached hydrogens (tertiary/aromatic N) is 1. The van der Waals surface area contributed by atoms with Crippen molar-refractivity contribution < 1.29 is 9.90 Å². The van der Waals surface area contributed by atoms with Gasteiger partial charge >= 0.3 is 0 Å². The number of hydrogen-bond donors (Lipinski definition) is 1. The summed E-state index contributed by atoms with van der Waals surface area (Å²) in [6, 6.07) is 14.6. The summed E-state index contributed by atoms with van der Waals surface area (Å²) >= 11 is 0. The number of para-hydroxylation sites is 1. The highest BCUT2D eigenvalue weighted by atomic mass is 16.3. The molecule has 1 aliphatic rings. The molecular formula is C15H13NO2. The summed E-state index contributed by atoms with van der Waals surface area (Å²) in [6.45, 7) is 0. The zero-order valence-corrected chi connectivity index (χ0v) is 10.00. The van der Waals surface area contributed by atoms with Crippen LogP contribution < -0.4 is 4.90 Å². The maximum Gasteiger partial charge on any atom is 0.258 e. The summed E-state index contributed by atoms with van der Waals surface area (Å²) in [5.41, 5.74) is 2.74. The number of amides is 1. The van der Waals surface area contributed by atoms with Gasteiger partial charge in [0.2, 0.25) is 0 Å². The van der Waals surface area contributed by atoms with Crippen molar-refractivity contribution in [3.8, 4) is 0 Å². The molecule has 1 aliphatic heterocycles. The zero-order chi connectivity index (χ0) is 12.7. The molecule has 2 aromatic rings. The molecule has 0 radical (unpaired) electrons. The van der Waals surface area contributed by atoms with Gasteiger partial charge in [-0.15, -0.1) is 0 Å². The van der Waals surface area contributed by atoms with E-state index in [9.17, 15) is 9.90 Å². The van der Waals surface area contributed by atoms with E-state index in [1.165, 1.54) is 0 Å². The Morgan fingerprint density at radius 2 is 1.61 bits per heavy atom. The third kappa shape index (κ3) is 1.45. The first kappa shape index (κ1) is 11.0. The van der Waals surface area contributed by atoms with E-state index in [0.29, 0.717) is 11.1 Å². The van der Waals surface area contributed by atoms with Crippen LogP contribution in [-0.2, 0) is 0 Å². The van der Waals surface area contributed by atoms with Gasteiger partial charge in [-0.25, -0.2) is 0 Å². The normalized spacial score (nSPS) is 18.0. The molecule has 1 amide bonds. The lowest BCUT2D eigenvalue weighted by molar-refractivity contribution is 0.0991. The predicted molar refractivity (Wildman–Crippen MR) is 69.7 cm³/mol. The van der Waals surface area contributed by atoms with Crippen LogP contribution in [0.5, 0.6) is 0 Å². The van der Waals surface area contributed by atoms with E-state index in [2.05, 4.69) is 0 Å². The minimum Gasteiger partial charge on any atom is -0.384 e. The lowest BCUT2D eigenvalue weighted by Crippen LogP contribution is -2.25. The summed E-state index contributed by atoms with van der Waals surface area (Å²) < 4.78 is 0. The van der Waals surface area contributed by atoms with E-state index in [4.69, 9.17) is 0 Å². The summed E-state index contributed by atoms with van der Waals surface area (Å²) in [5, 5.41) is 10.5. The molecule has 3 rings (SSSR count). The van der Waals surface area contributed by atoms with Crippen LogP contribution in [0.2, 0.25) is 0 Å². The number of benzene rings is 2. The number of rotatable bonds is 0. The zero-order valence-electron chi connectivity index (χ0n) is 10.00. The molecule has 1 atom stereocenters. The molecule has 90 valence electrons. The van der Waals surface area contributed by atoms with Crippen molar-refractivity contribution >= 4 is 11.6 Å². The van der Waals surface area contributed by atoms with Crippen LogP contribution in [0.25, 0.3) is 0 Å². The van der Waals surface area contributed by atoms with Crippen LogP contribution in [0.15, 0.2) is 48.5 Å². The number of fused-ring (bicyclic) bond motifs is 2. The van der Waals surface area contributed by atoms with Crippen molar-refractivity contribution in [3.05, 3.63) is 65.2 Å². The van der Waals surface area contributed by atoms with Gasteiger partial charge in [0.05, 0.1) is 0 Å². The van der Waals surface area contributed by atoms with E-state index < -0.39 is 6.10 Å². The summed E-state index contributed by atoms with van der Waals surface area (Å²) in [5.74, 6) is -0.0883. The van der Waals surface area contributed by atoms with E-state index in [1.54, 1.807) is 24.1 Å². The quantitative estimate of drug-likeness (QED) is 0.766. The fraction of sp³-hybridized carbons (Fsp3) is 0.133. The first-order chi connectivity index (χ1) is 8.70. The molecule has 0 saturated heterocycles. The second kappa shape index (κ2) is 3.96. The van der Waals surface area contributed by atoms with E-state index in [-0.39, 0.29) is 5.91 Å². The Kier molecular flexibility index (Phi) is 2.42. The standard InChI is InChI=1S/C15H13NO2/c1-16-13-9-5-4-8-12(13)14(17)10-6-2-3-7-11(10)15(16)18/h2-9,14,17H,1H3/t14-/m0/s1. The summed E-state index contributed by atoms with van der Waals surface area (Å²) in [6.07, 6.45) is -0.758. The predicted octanol–water partition coefficient (Wildman–Crippen LogP) is 2.36. The van der Waals surface area contributed by atoms with Gasteiger partial charge in [0.25, 0.3) is 5.91 Å². The largest absolute Gasteiger partial charge is 0.384 e. The van der Waals surface area contributed by atoms with Crippen molar-refractivity contribution in [1.82, 2.24) is 0 Å². The van der Waals surface area contributed by atoms with E-state index in [0.717, 1.165) is 11.3 Å². The first-order valence-corrected chi connectivity index (χ1v) is 5.84. The molecule has 0 spiro atoms. The van der Waals surface area contributed by atoms with Gasteiger partial charge in [0, 0.05) is 23.9 Å². The lowest BCUT2D eigenvalue weighted by Gasteiger charge is -2.18. The van der Waals surface area contributed by atoms with Crippen LogP contribution in [0.1, 0.15) is 27.6 Å². The number of carbonyl (C=O) groups excluding carboxylic acids is 1. The topological polar surface area (TPSA) is 40.5 Å². The van der Waals surface area contributed by atoms with Crippen LogP contribution in [-0.4, -0.2) is 18.1 Å². The van der Waals surface area contributed by atoms with Crippen molar-refractivity contribution in [2.75, 3.05) is 11.9 Å². The molecule has 0 aromatic heterocycles. The highest BCUT2D eigenvalue weighted by Crippen LogP contribution is 2.35. The number of anilines is 1. The third-order valence-electron chi connectivity index (χ3n) is 3.38. The Morgan fingerprint density at radius 1 is 1.00 bits per heavy atom. The fourth-order valence-corrected chi connectivity index (χ4v) is 2.41. The Morgan fingerprint density at radius 3 is 2.39 bits per heavy atom. The molecule has 18 heavy (non-hydrogen) atoms. The number of aliphatic hydroxyl groups is 1. The third-order valence-corrected chi connectivity index (χ3v) is 3.38. The molecule has 0 fully saturated rings. The van der Waals surface area contributed by atoms with Gasteiger partial charge in [-0.2, -0.15) is 0 Å². The average Bonchev–Trinajstić information content (AvgIpc) is 2.51. The minimum absolute atomic E-state index is 0.0883. The molecule has 3 heteroatoms. The second-order valence-electron chi connectivity index (χ2n) is 4.41. The highest BCUT2D eigenvalue weighted by Gasteiger charge is 2.28. The van der Waals surface area contributed by atoms with Crippen molar-refractivity contribution in [3.63, 3.8) is 0 Å². The second-order valence-corrected chi connectivity index (χ2v) is 4.41. The maximum atomic E-state index is 12.4. The van der Waals surface area contributed by atoms with Gasteiger partial charge in [0.15, 0.2) is 0 Å². The van der Waals surface area contributed by atoms with Gasteiger partial charge in [-0.05, 0) is 17.7 Å². The van der Waals surface area contributed by atoms with Crippen LogP contribution in [0.4, 0.5) is 5.69 Å². The van der Waals surface area contributed by atoms with Crippen LogP contribution >= 0.6 is 0 Å². The van der Waals surface area contributed by atoms with E-state index in [1.807, 2.05) is 36.4 Å². The lowest BCUT2D eigenvalue weighted by atomic mass is 9.97. The molecule has 0 unspecified atom stereocenters.